The minimum absolute atomic E-state index is 0.191. The molecule has 3 unspecified atom stereocenters. The van der Waals surface area contributed by atoms with Crippen LogP contribution in [-0.2, 0) is 22.9 Å². The summed E-state index contributed by atoms with van der Waals surface area (Å²) < 4.78 is 17.5. The van der Waals surface area contributed by atoms with Crippen LogP contribution in [0.5, 0.6) is 0 Å². The van der Waals surface area contributed by atoms with Crippen molar-refractivity contribution in [1.82, 2.24) is 0 Å². The van der Waals surface area contributed by atoms with Gasteiger partial charge in [0.25, 0.3) is 0 Å². The van der Waals surface area contributed by atoms with Gasteiger partial charge in [0, 0.05) is 13.0 Å². The van der Waals surface area contributed by atoms with E-state index in [1.165, 1.54) is 0 Å². The van der Waals surface area contributed by atoms with Crippen molar-refractivity contribution in [2.24, 2.45) is 17.6 Å². The molecule has 0 rings (SSSR count). The van der Waals surface area contributed by atoms with Crippen molar-refractivity contribution in [3.8, 4) is 0 Å². The zero-order chi connectivity index (χ0) is 21.5. The molecule has 0 aliphatic rings. The Bertz CT molecular complexity index is 498. The van der Waals surface area contributed by atoms with Crippen LogP contribution in [-0.4, -0.2) is 42.5 Å². The molecule has 27 heavy (non-hydrogen) atoms. The van der Waals surface area contributed by atoms with Gasteiger partial charge in [0.2, 0.25) is 5.91 Å². The highest BCUT2D eigenvalue weighted by atomic mass is 28.4. The van der Waals surface area contributed by atoms with E-state index in [9.17, 15) is 9.59 Å². The van der Waals surface area contributed by atoms with Gasteiger partial charge in [-0.1, -0.05) is 27.7 Å². The number of carbonyl (C=O) groups excluding carboxylic acids is 2. The number of ether oxygens (including phenoxy) is 1. The fraction of sp³-hybridized carbons (Fsp3) is 0.895. The molecule has 2 N–H and O–H groups in total. The molecule has 0 saturated carbocycles. The summed E-state index contributed by atoms with van der Waals surface area (Å²) in [6.07, 6.45) is 2.69. The van der Waals surface area contributed by atoms with Crippen molar-refractivity contribution >= 4 is 28.8 Å². The lowest BCUT2D eigenvalue weighted by Crippen LogP contribution is -2.54. The number of nitrogens with two attached hydrogens (primary N) is 1. The van der Waals surface area contributed by atoms with E-state index in [0.29, 0.717) is 25.9 Å². The first-order chi connectivity index (χ1) is 12.2. The molecule has 6 nitrogen and oxygen atoms in total. The van der Waals surface area contributed by atoms with Gasteiger partial charge in [-0.15, -0.1) is 0 Å². The molecule has 0 aromatic heterocycles. The van der Waals surface area contributed by atoms with Crippen LogP contribution in [0.15, 0.2) is 0 Å². The summed E-state index contributed by atoms with van der Waals surface area (Å²) in [5.41, 5.74) is 5.64. The number of esters is 1. The number of hydrogen-bond acceptors (Lipinski definition) is 5. The smallest absolute Gasteiger partial charge is 0.321 e. The SMILES string of the molecule is CCCOC(=O)C(C)CC(C)(CC(CC)C(N)=O)[Si](C)(C)O[Si](C)(C)OC. The van der Waals surface area contributed by atoms with Gasteiger partial charge in [-0.2, -0.15) is 0 Å². The van der Waals surface area contributed by atoms with Gasteiger partial charge >= 0.3 is 14.5 Å². The minimum Gasteiger partial charge on any atom is -0.465 e. The quantitative estimate of drug-likeness (QED) is 0.357. The Hall–Kier alpha value is -0.706. The summed E-state index contributed by atoms with van der Waals surface area (Å²) >= 11 is 0. The van der Waals surface area contributed by atoms with E-state index < -0.39 is 16.9 Å². The van der Waals surface area contributed by atoms with Gasteiger partial charge in [-0.25, -0.2) is 0 Å². The van der Waals surface area contributed by atoms with E-state index in [0.717, 1.165) is 6.42 Å². The molecule has 0 aromatic carbocycles. The molecule has 160 valence electrons. The van der Waals surface area contributed by atoms with Crippen molar-refractivity contribution in [2.75, 3.05) is 13.7 Å². The second kappa shape index (κ2) is 10.7. The number of rotatable bonds is 13. The van der Waals surface area contributed by atoms with Crippen LogP contribution in [0.2, 0.25) is 31.2 Å². The van der Waals surface area contributed by atoms with Crippen LogP contribution in [0, 0.1) is 11.8 Å². The highest BCUT2D eigenvalue weighted by Gasteiger charge is 2.50. The third kappa shape index (κ3) is 8.05. The largest absolute Gasteiger partial charge is 0.465 e. The normalized spacial score (nSPS) is 17.1. The van der Waals surface area contributed by atoms with E-state index in [1.54, 1.807) is 7.11 Å². The lowest BCUT2D eigenvalue weighted by molar-refractivity contribution is -0.148. The lowest BCUT2D eigenvalue weighted by Gasteiger charge is -2.47. The average Bonchev–Trinajstić information content (AvgIpc) is 2.56. The van der Waals surface area contributed by atoms with Crippen molar-refractivity contribution in [3.63, 3.8) is 0 Å². The van der Waals surface area contributed by atoms with Gasteiger partial charge in [0.1, 0.15) is 0 Å². The van der Waals surface area contributed by atoms with Gasteiger partial charge in [0.05, 0.1) is 12.5 Å². The zero-order valence-corrected chi connectivity index (χ0v) is 20.8. The van der Waals surface area contributed by atoms with Crippen molar-refractivity contribution in [2.45, 2.75) is 84.6 Å². The number of primary amides is 1. The average molecular weight is 420 g/mol. The second-order valence-corrected chi connectivity index (χ2v) is 17.0. The summed E-state index contributed by atoms with van der Waals surface area (Å²) in [7, 11) is -2.96. The summed E-state index contributed by atoms with van der Waals surface area (Å²) in [5, 5.41) is -0.323. The van der Waals surface area contributed by atoms with Gasteiger partial charge < -0.3 is 19.0 Å². The Morgan fingerprint density at radius 3 is 2.07 bits per heavy atom. The van der Waals surface area contributed by atoms with E-state index in [4.69, 9.17) is 19.0 Å². The van der Waals surface area contributed by atoms with Gasteiger partial charge in [-0.3, -0.25) is 9.59 Å². The highest BCUT2D eigenvalue weighted by molar-refractivity contribution is 6.84. The number of carbonyl (C=O) groups is 2. The number of hydrogen-bond donors (Lipinski definition) is 1. The van der Waals surface area contributed by atoms with Crippen LogP contribution in [0.25, 0.3) is 0 Å². The number of amides is 1. The Kier molecular flexibility index (Phi) is 10.5. The summed E-state index contributed by atoms with van der Waals surface area (Å²) in [6.45, 7) is 16.7. The van der Waals surface area contributed by atoms with Crippen LogP contribution < -0.4 is 5.73 Å². The molecule has 0 heterocycles. The van der Waals surface area contributed by atoms with Crippen LogP contribution in [0.3, 0.4) is 0 Å². The first kappa shape index (κ1) is 26.3. The molecule has 0 aliphatic heterocycles. The van der Waals surface area contributed by atoms with Crippen molar-refractivity contribution in [3.05, 3.63) is 0 Å². The minimum atomic E-state index is -2.36. The van der Waals surface area contributed by atoms with E-state index in [-0.39, 0.29) is 28.8 Å². The van der Waals surface area contributed by atoms with Gasteiger partial charge in [0.15, 0.2) is 8.32 Å². The van der Waals surface area contributed by atoms with Crippen molar-refractivity contribution < 1.29 is 22.9 Å². The van der Waals surface area contributed by atoms with Crippen LogP contribution >= 0.6 is 0 Å². The molecular weight excluding hydrogens is 378 g/mol. The summed E-state index contributed by atoms with van der Waals surface area (Å²) in [4.78, 5) is 24.3. The maximum absolute atomic E-state index is 12.4. The van der Waals surface area contributed by atoms with Crippen LogP contribution in [0.4, 0.5) is 0 Å². The molecule has 0 bridgehead atoms. The molecular formula is C19H41NO5Si2. The lowest BCUT2D eigenvalue weighted by atomic mass is 9.86. The monoisotopic (exact) mass is 419 g/mol. The summed E-state index contributed by atoms with van der Waals surface area (Å²) in [5.74, 6) is -0.993. The molecule has 1 amide bonds. The molecule has 0 aliphatic carbocycles. The topological polar surface area (TPSA) is 87.9 Å². The fourth-order valence-electron chi connectivity index (χ4n) is 3.45. The standard InChI is InChI=1S/C19H41NO5Si2/c1-10-12-24-18(22)15(3)13-19(4,14-16(11-2)17(20)21)26(6,7)25-27(8,9)23-5/h15-16H,10-14H2,1-9H3,(H2,20,21). The van der Waals surface area contributed by atoms with Crippen LogP contribution in [0.1, 0.15) is 53.4 Å². The third-order valence-electron chi connectivity index (χ3n) is 5.65. The second-order valence-electron chi connectivity index (χ2n) is 8.76. The molecule has 0 saturated heterocycles. The molecule has 0 fully saturated rings. The maximum Gasteiger partial charge on any atom is 0.321 e. The Morgan fingerprint density at radius 1 is 1.11 bits per heavy atom. The molecule has 0 aromatic rings. The molecule has 0 radical (unpaired) electrons. The first-order valence-electron chi connectivity index (χ1n) is 9.96. The fourth-order valence-corrected chi connectivity index (χ4v) is 11.2. The Balaban J connectivity index is 5.72. The predicted molar refractivity (Wildman–Crippen MR) is 114 cm³/mol. The molecule has 0 spiro atoms. The predicted octanol–water partition coefficient (Wildman–Crippen LogP) is 4.20. The molecule has 8 heteroatoms. The third-order valence-corrected chi connectivity index (χ3v) is 14.0. The maximum atomic E-state index is 12.4. The van der Waals surface area contributed by atoms with E-state index >= 15 is 0 Å². The zero-order valence-electron chi connectivity index (χ0n) is 18.8. The first-order valence-corrected chi connectivity index (χ1v) is 15.7. The molecule has 3 atom stereocenters. The summed E-state index contributed by atoms with van der Waals surface area (Å²) in [6, 6.07) is 0. The van der Waals surface area contributed by atoms with Gasteiger partial charge in [-0.05, 0) is 56.9 Å². The Morgan fingerprint density at radius 2 is 1.67 bits per heavy atom. The van der Waals surface area contributed by atoms with E-state index in [2.05, 4.69) is 20.0 Å². The Labute approximate surface area is 167 Å². The highest BCUT2D eigenvalue weighted by Crippen LogP contribution is 2.50. The van der Waals surface area contributed by atoms with Crippen molar-refractivity contribution in [1.29, 1.82) is 0 Å². The van der Waals surface area contributed by atoms with E-state index in [1.807, 2.05) is 33.9 Å².